The van der Waals surface area contributed by atoms with Gasteiger partial charge in [-0.25, -0.2) is 0 Å². The first-order valence-electron chi connectivity index (χ1n) is 5.80. The van der Waals surface area contributed by atoms with Gasteiger partial charge in [0.05, 0.1) is 4.32 Å². The number of halogens is 1. The molecule has 0 spiro atoms. The highest BCUT2D eigenvalue weighted by molar-refractivity contribution is 9.09. The van der Waals surface area contributed by atoms with E-state index in [1.54, 1.807) is 0 Å². The Bertz CT molecular complexity index is 486. The molecule has 2 bridgehead atoms. The molecule has 0 nitrogen and oxygen atoms in total. The van der Waals surface area contributed by atoms with E-state index >= 15 is 0 Å². The maximum absolute atomic E-state index is 3.93. The Labute approximate surface area is 105 Å². The summed E-state index contributed by atoms with van der Waals surface area (Å²) < 4.78 is 0.254. The van der Waals surface area contributed by atoms with Crippen LogP contribution in [0.3, 0.4) is 0 Å². The van der Waals surface area contributed by atoms with Gasteiger partial charge in [0.25, 0.3) is 0 Å². The van der Waals surface area contributed by atoms with Crippen molar-refractivity contribution in [1.29, 1.82) is 0 Å². The summed E-state index contributed by atoms with van der Waals surface area (Å²) in [6.45, 7) is 7.77. The van der Waals surface area contributed by atoms with Crippen molar-refractivity contribution in [1.82, 2.24) is 0 Å². The molecule has 1 saturated carbocycles. The molecular formula is C15H15Br. The van der Waals surface area contributed by atoms with Crippen LogP contribution in [0.5, 0.6) is 0 Å². The lowest BCUT2D eigenvalue weighted by Crippen LogP contribution is -2.12. The van der Waals surface area contributed by atoms with Crippen LogP contribution in [0.15, 0.2) is 25.3 Å². The fourth-order valence-electron chi connectivity index (χ4n) is 3.24. The second-order valence-electron chi connectivity index (χ2n) is 4.88. The fourth-order valence-corrected chi connectivity index (χ4v) is 4.20. The summed E-state index contributed by atoms with van der Waals surface area (Å²) in [6.07, 6.45) is 7.72. The number of hydrogen-bond donors (Lipinski definition) is 0. The van der Waals surface area contributed by atoms with Crippen molar-refractivity contribution in [2.45, 2.75) is 29.5 Å². The molecule has 2 atom stereocenters. The molecule has 0 aliphatic heterocycles. The van der Waals surface area contributed by atoms with E-state index in [1.807, 2.05) is 12.2 Å². The minimum atomic E-state index is 0.254. The zero-order valence-electron chi connectivity index (χ0n) is 9.30. The zero-order valence-corrected chi connectivity index (χ0v) is 10.9. The monoisotopic (exact) mass is 274 g/mol. The molecular weight excluding hydrogens is 260 g/mol. The van der Waals surface area contributed by atoms with E-state index in [2.05, 4.69) is 41.2 Å². The summed E-state index contributed by atoms with van der Waals surface area (Å²) >= 11 is 3.93. The number of fused-ring (bicyclic) bond motifs is 5. The zero-order chi connectivity index (χ0) is 11.3. The van der Waals surface area contributed by atoms with Gasteiger partial charge in [0.15, 0.2) is 0 Å². The van der Waals surface area contributed by atoms with Gasteiger partial charge in [0.2, 0.25) is 0 Å². The van der Waals surface area contributed by atoms with E-state index < -0.39 is 0 Å². The van der Waals surface area contributed by atoms with Gasteiger partial charge in [-0.1, -0.05) is 47.3 Å². The smallest absolute Gasteiger partial charge is 0.0515 e. The molecule has 0 saturated heterocycles. The van der Waals surface area contributed by atoms with E-state index in [0.717, 1.165) is 5.92 Å². The molecule has 82 valence electrons. The predicted molar refractivity (Wildman–Crippen MR) is 73.8 cm³/mol. The molecule has 1 heteroatoms. The van der Waals surface area contributed by atoms with Crippen LogP contribution < -0.4 is 0 Å². The average Bonchev–Trinajstić information content (AvgIpc) is 2.81. The van der Waals surface area contributed by atoms with Crippen LogP contribution in [-0.4, -0.2) is 0 Å². The summed E-state index contributed by atoms with van der Waals surface area (Å²) in [4.78, 5) is 0. The number of alkyl halides is 1. The van der Waals surface area contributed by atoms with Crippen LogP contribution in [0.1, 0.15) is 47.4 Å². The molecule has 2 aliphatic carbocycles. The van der Waals surface area contributed by atoms with E-state index in [4.69, 9.17) is 0 Å². The van der Waals surface area contributed by atoms with Crippen molar-refractivity contribution in [2.24, 2.45) is 0 Å². The molecule has 1 aromatic rings. The van der Waals surface area contributed by atoms with E-state index in [1.165, 1.54) is 41.5 Å². The quantitative estimate of drug-likeness (QED) is 0.677. The van der Waals surface area contributed by atoms with Gasteiger partial charge in [-0.05, 0) is 53.5 Å². The normalized spacial score (nSPS) is 30.2. The van der Waals surface area contributed by atoms with E-state index in [0.29, 0.717) is 0 Å². The molecule has 1 aromatic carbocycles. The standard InChI is InChI=1S/C15H15Br/c1-3-10-7-13-12-5-6-15(16,9-12)14(13)8-11(10)4-2/h3-4,7-8,12H,1-2,5-6,9H2. The third kappa shape index (κ3) is 1.21. The third-order valence-corrected chi connectivity index (χ3v) is 5.22. The van der Waals surface area contributed by atoms with Gasteiger partial charge >= 0.3 is 0 Å². The van der Waals surface area contributed by atoms with Gasteiger partial charge < -0.3 is 0 Å². The molecule has 0 radical (unpaired) electrons. The van der Waals surface area contributed by atoms with Gasteiger partial charge in [0.1, 0.15) is 0 Å². The highest BCUT2D eigenvalue weighted by Crippen LogP contribution is 2.60. The Morgan fingerprint density at radius 3 is 2.62 bits per heavy atom. The van der Waals surface area contributed by atoms with Gasteiger partial charge in [-0.15, -0.1) is 0 Å². The van der Waals surface area contributed by atoms with Crippen molar-refractivity contribution < 1.29 is 0 Å². The van der Waals surface area contributed by atoms with Crippen LogP contribution in [0.25, 0.3) is 12.2 Å². The highest BCUT2D eigenvalue weighted by Gasteiger charge is 2.47. The molecule has 0 heterocycles. The molecule has 3 rings (SSSR count). The van der Waals surface area contributed by atoms with Crippen LogP contribution >= 0.6 is 15.9 Å². The minimum absolute atomic E-state index is 0.254. The lowest BCUT2D eigenvalue weighted by atomic mass is 9.88. The lowest BCUT2D eigenvalue weighted by Gasteiger charge is -2.23. The Morgan fingerprint density at radius 2 is 1.94 bits per heavy atom. The SMILES string of the molecule is C=Cc1cc2c(cc1C=C)C1(Br)CCC2C1. The van der Waals surface area contributed by atoms with Crippen molar-refractivity contribution in [2.75, 3.05) is 0 Å². The number of hydrogen-bond acceptors (Lipinski definition) is 0. The maximum atomic E-state index is 3.93. The Balaban J connectivity index is 2.25. The first-order valence-corrected chi connectivity index (χ1v) is 6.59. The fraction of sp³-hybridized carbons (Fsp3) is 0.333. The summed E-state index contributed by atoms with van der Waals surface area (Å²) in [7, 11) is 0. The van der Waals surface area contributed by atoms with Crippen molar-refractivity contribution in [3.8, 4) is 0 Å². The minimum Gasteiger partial charge on any atom is -0.0984 e. The largest absolute Gasteiger partial charge is 0.0984 e. The van der Waals surface area contributed by atoms with Gasteiger partial charge in [-0.3, -0.25) is 0 Å². The average molecular weight is 275 g/mol. The van der Waals surface area contributed by atoms with Crippen LogP contribution in [0.2, 0.25) is 0 Å². The highest BCUT2D eigenvalue weighted by atomic mass is 79.9. The molecule has 16 heavy (non-hydrogen) atoms. The summed E-state index contributed by atoms with van der Waals surface area (Å²) in [5.41, 5.74) is 5.45. The first kappa shape index (κ1) is 10.3. The number of rotatable bonds is 2. The van der Waals surface area contributed by atoms with E-state index in [9.17, 15) is 0 Å². The first-order chi connectivity index (χ1) is 7.68. The third-order valence-electron chi connectivity index (χ3n) is 4.08. The topological polar surface area (TPSA) is 0 Å². The Morgan fingerprint density at radius 1 is 1.25 bits per heavy atom. The van der Waals surface area contributed by atoms with Gasteiger partial charge in [-0.2, -0.15) is 0 Å². The summed E-state index contributed by atoms with van der Waals surface area (Å²) in [5.74, 6) is 0.756. The maximum Gasteiger partial charge on any atom is 0.0515 e. The second kappa shape index (κ2) is 3.33. The van der Waals surface area contributed by atoms with Crippen LogP contribution in [0.4, 0.5) is 0 Å². The molecule has 1 fully saturated rings. The lowest BCUT2D eigenvalue weighted by molar-refractivity contribution is 0.680. The molecule has 0 aromatic heterocycles. The Hall–Kier alpha value is -0.820. The van der Waals surface area contributed by atoms with E-state index in [-0.39, 0.29) is 4.32 Å². The summed E-state index contributed by atoms with van der Waals surface area (Å²) in [6, 6.07) is 4.61. The van der Waals surface area contributed by atoms with Gasteiger partial charge in [0, 0.05) is 0 Å². The molecule has 2 unspecified atom stereocenters. The predicted octanol–water partition coefficient (Wildman–Crippen LogP) is 4.84. The molecule has 2 aliphatic rings. The van der Waals surface area contributed by atoms with Crippen LogP contribution in [0, 0.1) is 0 Å². The molecule has 0 amide bonds. The Kier molecular flexibility index (Phi) is 2.16. The summed E-state index contributed by atoms with van der Waals surface area (Å²) in [5, 5.41) is 0. The molecule has 0 N–H and O–H groups in total. The number of benzene rings is 1. The van der Waals surface area contributed by atoms with Crippen molar-refractivity contribution in [3.63, 3.8) is 0 Å². The van der Waals surface area contributed by atoms with Crippen molar-refractivity contribution >= 4 is 28.1 Å². The second-order valence-corrected chi connectivity index (χ2v) is 6.40. The van der Waals surface area contributed by atoms with Crippen LogP contribution in [-0.2, 0) is 4.32 Å². The van der Waals surface area contributed by atoms with Crippen molar-refractivity contribution in [3.05, 3.63) is 47.5 Å².